The van der Waals surface area contributed by atoms with E-state index in [1.54, 1.807) is 14.2 Å². The Labute approximate surface area is 122 Å². The van der Waals surface area contributed by atoms with E-state index in [2.05, 4.69) is 43.0 Å². The van der Waals surface area contributed by atoms with Crippen LogP contribution in [-0.4, -0.2) is 44.9 Å². The monoisotopic (exact) mass is 280 g/mol. The second kappa shape index (κ2) is 9.08. The lowest BCUT2D eigenvalue weighted by Crippen LogP contribution is -2.40. The first-order valence-electron chi connectivity index (χ1n) is 7.16. The Morgan fingerprint density at radius 2 is 1.75 bits per heavy atom. The first-order chi connectivity index (χ1) is 9.63. The van der Waals surface area contributed by atoms with Crippen molar-refractivity contribution in [3.63, 3.8) is 0 Å². The summed E-state index contributed by atoms with van der Waals surface area (Å²) >= 11 is 0. The zero-order valence-electron chi connectivity index (χ0n) is 13.1. The lowest BCUT2D eigenvalue weighted by Gasteiger charge is -2.34. The van der Waals surface area contributed by atoms with Gasteiger partial charge in [0.15, 0.2) is 0 Å². The summed E-state index contributed by atoms with van der Waals surface area (Å²) in [7, 11) is 3.44. The van der Waals surface area contributed by atoms with Crippen LogP contribution in [0.15, 0.2) is 24.3 Å². The van der Waals surface area contributed by atoms with Crippen LogP contribution in [0, 0.1) is 0 Å². The van der Waals surface area contributed by atoms with Crippen LogP contribution in [0.2, 0.25) is 0 Å². The van der Waals surface area contributed by atoms with E-state index < -0.39 is 0 Å². The lowest BCUT2D eigenvalue weighted by atomic mass is 10.0. The minimum absolute atomic E-state index is 0.224. The van der Waals surface area contributed by atoms with Gasteiger partial charge in [0.05, 0.1) is 13.2 Å². The minimum atomic E-state index is 0.224. The van der Waals surface area contributed by atoms with Crippen LogP contribution in [0.4, 0.5) is 0 Å². The molecule has 114 valence electrons. The number of hydrogen-bond donors (Lipinski definition) is 1. The van der Waals surface area contributed by atoms with Crippen molar-refractivity contribution >= 4 is 0 Å². The number of nitrogens with zero attached hydrogens (tertiary/aromatic N) is 1. The van der Waals surface area contributed by atoms with Crippen molar-refractivity contribution in [2.75, 3.05) is 33.9 Å². The molecule has 1 aromatic rings. The molecule has 1 aromatic carbocycles. The molecule has 0 aliphatic heterocycles. The zero-order valence-corrected chi connectivity index (χ0v) is 13.1. The summed E-state index contributed by atoms with van der Waals surface area (Å²) in [6.45, 7) is 7.23. The molecule has 4 heteroatoms. The molecule has 0 bridgehead atoms. The van der Waals surface area contributed by atoms with E-state index in [4.69, 9.17) is 15.2 Å². The van der Waals surface area contributed by atoms with Gasteiger partial charge in [-0.05, 0) is 25.0 Å². The van der Waals surface area contributed by atoms with Crippen LogP contribution in [0.5, 0.6) is 0 Å². The maximum Gasteiger partial charge on any atom is 0.0713 e. The van der Waals surface area contributed by atoms with Crippen LogP contribution in [0.3, 0.4) is 0 Å². The van der Waals surface area contributed by atoms with Gasteiger partial charge < -0.3 is 15.2 Å². The second-order valence-corrected chi connectivity index (χ2v) is 5.25. The number of hydrogen-bond acceptors (Lipinski definition) is 4. The van der Waals surface area contributed by atoms with Gasteiger partial charge in [0, 0.05) is 39.4 Å². The smallest absolute Gasteiger partial charge is 0.0713 e. The van der Waals surface area contributed by atoms with Gasteiger partial charge in [0.25, 0.3) is 0 Å². The fraction of sp³-hybridized carbons (Fsp3) is 0.625. The Morgan fingerprint density at radius 3 is 2.20 bits per heavy atom. The molecule has 0 heterocycles. The van der Waals surface area contributed by atoms with Crippen LogP contribution in [0.25, 0.3) is 0 Å². The Morgan fingerprint density at radius 1 is 1.10 bits per heavy atom. The van der Waals surface area contributed by atoms with Gasteiger partial charge in [-0.25, -0.2) is 0 Å². The molecule has 0 saturated heterocycles. The van der Waals surface area contributed by atoms with Gasteiger partial charge in [-0.2, -0.15) is 0 Å². The van der Waals surface area contributed by atoms with Crippen LogP contribution >= 0.6 is 0 Å². The molecular weight excluding hydrogens is 252 g/mol. The standard InChI is InChI=1S/C16H28N2O2/c1-13(2)18(9-10-19-3)16(11-17)15-7-5-14(6-8-15)12-20-4/h5-8,13,16H,9-12,17H2,1-4H3. The van der Waals surface area contributed by atoms with Crippen molar-refractivity contribution in [3.8, 4) is 0 Å². The van der Waals surface area contributed by atoms with Crippen molar-refractivity contribution in [2.45, 2.75) is 32.5 Å². The normalized spacial score (nSPS) is 13.2. The molecule has 1 atom stereocenters. The summed E-state index contributed by atoms with van der Waals surface area (Å²) in [4.78, 5) is 2.38. The van der Waals surface area contributed by atoms with E-state index in [9.17, 15) is 0 Å². The van der Waals surface area contributed by atoms with Gasteiger partial charge in [-0.1, -0.05) is 24.3 Å². The van der Waals surface area contributed by atoms with Crippen LogP contribution < -0.4 is 5.73 Å². The minimum Gasteiger partial charge on any atom is -0.383 e. The topological polar surface area (TPSA) is 47.7 Å². The molecule has 0 saturated carbocycles. The third kappa shape index (κ3) is 4.87. The number of methoxy groups -OCH3 is 2. The van der Waals surface area contributed by atoms with Crippen molar-refractivity contribution in [1.29, 1.82) is 0 Å². The fourth-order valence-corrected chi connectivity index (χ4v) is 2.44. The molecular formula is C16H28N2O2. The van der Waals surface area contributed by atoms with E-state index in [1.807, 2.05) is 0 Å². The van der Waals surface area contributed by atoms with Gasteiger partial charge in [0.2, 0.25) is 0 Å². The maximum atomic E-state index is 6.00. The number of rotatable bonds is 9. The largest absolute Gasteiger partial charge is 0.383 e. The molecule has 1 rings (SSSR count). The summed E-state index contributed by atoms with van der Waals surface area (Å²) < 4.78 is 10.3. The molecule has 0 radical (unpaired) electrons. The summed E-state index contributed by atoms with van der Waals surface area (Å²) in [5, 5.41) is 0. The van der Waals surface area contributed by atoms with Crippen molar-refractivity contribution in [3.05, 3.63) is 35.4 Å². The van der Waals surface area contributed by atoms with E-state index in [1.165, 1.54) is 11.1 Å². The summed E-state index contributed by atoms with van der Waals surface area (Å²) in [6, 6.07) is 9.16. The summed E-state index contributed by atoms with van der Waals surface area (Å²) in [5.74, 6) is 0. The van der Waals surface area contributed by atoms with Gasteiger partial charge in [-0.3, -0.25) is 4.90 Å². The van der Waals surface area contributed by atoms with E-state index in [-0.39, 0.29) is 6.04 Å². The quantitative estimate of drug-likeness (QED) is 0.753. The van der Waals surface area contributed by atoms with Gasteiger partial charge in [-0.15, -0.1) is 0 Å². The first kappa shape index (κ1) is 17.1. The molecule has 20 heavy (non-hydrogen) atoms. The van der Waals surface area contributed by atoms with Crippen LogP contribution in [0.1, 0.15) is 31.0 Å². The van der Waals surface area contributed by atoms with E-state index in [0.717, 1.165) is 13.2 Å². The highest BCUT2D eigenvalue weighted by atomic mass is 16.5. The third-order valence-corrected chi connectivity index (χ3v) is 3.52. The number of nitrogens with two attached hydrogens (primary N) is 1. The Balaban J connectivity index is 2.85. The molecule has 0 spiro atoms. The molecule has 0 aliphatic carbocycles. The molecule has 0 aromatic heterocycles. The van der Waals surface area contributed by atoms with Crippen molar-refractivity contribution in [1.82, 2.24) is 4.90 Å². The summed E-state index contributed by atoms with van der Waals surface area (Å²) in [6.07, 6.45) is 0. The Hall–Kier alpha value is -0.940. The molecule has 1 unspecified atom stereocenters. The average Bonchev–Trinajstić information content (AvgIpc) is 2.44. The molecule has 4 nitrogen and oxygen atoms in total. The van der Waals surface area contributed by atoms with E-state index in [0.29, 0.717) is 19.2 Å². The highest BCUT2D eigenvalue weighted by molar-refractivity contribution is 5.25. The maximum absolute atomic E-state index is 6.00. The van der Waals surface area contributed by atoms with Crippen molar-refractivity contribution in [2.24, 2.45) is 5.73 Å². The zero-order chi connectivity index (χ0) is 15.0. The Bertz CT molecular complexity index is 365. The highest BCUT2D eigenvalue weighted by Gasteiger charge is 2.21. The first-order valence-corrected chi connectivity index (χ1v) is 7.16. The third-order valence-electron chi connectivity index (χ3n) is 3.52. The fourth-order valence-electron chi connectivity index (χ4n) is 2.44. The summed E-state index contributed by atoms with van der Waals surface area (Å²) in [5.41, 5.74) is 8.43. The predicted molar refractivity (Wildman–Crippen MR) is 82.7 cm³/mol. The molecule has 0 amide bonds. The van der Waals surface area contributed by atoms with E-state index >= 15 is 0 Å². The second-order valence-electron chi connectivity index (χ2n) is 5.25. The SMILES string of the molecule is COCCN(C(C)C)C(CN)c1ccc(COC)cc1. The Kier molecular flexibility index (Phi) is 7.77. The highest BCUT2D eigenvalue weighted by Crippen LogP contribution is 2.22. The molecule has 2 N–H and O–H groups in total. The molecule has 0 fully saturated rings. The van der Waals surface area contributed by atoms with Gasteiger partial charge >= 0.3 is 0 Å². The molecule has 0 aliphatic rings. The number of benzene rings is 1. The number of ether oxygens (including phenoxy) is 2. The van der Waals surface area contributed by atoms with Crippen LogP contribution in [-0.2, 0) is 16.1 Å². The van der Waals surface area contributed by atoms with Crippen molar-refractivity contribution < 1.29 is 9.47 Å². The predicted octanol–water partition coefficient (Wildman–Crippen LogP) is 2.19. The lowest BCUT2D eigenvalue weighted by molar-refractivity contribution is 0.0979. The van der Waals surface area contributed by atoms with Gasteiger partial charge in [0.1, 0.15) is 0 Å². The average molecular weight is 280 g/mol.